The summed E-state index contributed by atoms with van der Waals surface area (Å²) < 4.78 is 0. The van der Waals surface area contributed by atoms with Crippen molar-refractivity contribution in [2.75, 3.05) is 0 Å². The summed E-state index contributed by atoms with van der Waals surface area (Å²) in [6, 6.07) is 9.11. The molecule has 0 aliphatic rings. The molecule has 0 aromatic heterocycles. The number of benzene rings is 1. The van der Waals surface area contributed by atoms with E-state index >= 15 is 0 Å². The van der Waals surface area contributed by atoms with Crippen LogP contribution in [-0.2, 0) is 0 Å². The first-order valence-electron chi connectivity index (χ1n) is 3.12. The van der Waals surface area contributed by atoms with Crippen LogP contribution in [0.3, 0.4) is 0 Å². The monoisotopic (exact) mass is 148 g/mol. The molecular formula is C7H8N4. The van der Waals surface area contributed by atoms with Crippen molar-refractivity contribution in [1.82, 2.24) is 5.43 Å². The van der Waals surface area contributed by atoms with Crippen molar-refractivity contribution in [1.29, 1.82) is 0 Å². The minimum absolute atomic E-state index is 0.255. The van der Waals surface area contributed by atoms with Gasteiger partial charge < -0.3 is 10.3 Å². The van der Waals surface area contributed by atoms with Gasteiger partial charge in [-0.1, -0.05) is 18.2 Å². The summed E-state index contributed by atoms with van der Waals surface area (Å²) in [7, 11) is 0. The molecule has 1 aromatic carbocycles. The summed E-state index contributed by atoms with van der Waals surface area (Å²) in [5.74, 6) is 5.33. The van der Waals surface area contributed by atoms with E-state index in [1.54, 1.807) is 12.1 Å². The largest absolute Gasteiger partial charge is 0.497 e. The summed E-state index contributed by atoms with van der Waals surface area (Å²) in [4.78, 5) is 2.96. The molecule has 1 aromatic rings. The zero-order chi connectivity index (χ0) is 8.10. The molecule has 0 saturated heterocycles. The van der Waals surface area contributed by atoms with Crippen molar-refractivity contribution in [3.05, 3.63) is 41.4 Å². The average Bonchev–Trinajstić information content (AvgIpc) is 2.09. The summed E-state index contributed by atoms with van der Waals surface area (Å²) >= 11 is 0. The van der Waals surface area contributed by atoms with Crippen molar-refractivity contribution in [2.24, 2.45) is 5.84 Å². The Morgan fingerprint density at radius 1 is 1.36 bits per heavy atom. The second-order valence-electron chi connectivity index (χ2n) is 1.96. The number of hydrogen-bond donors (Lipinski definition) is 2. The van der Waals surface area contributed by atoms with E-state index in [0.717, 1.165) is 5.56 Å². The molecule has 0 fully saturated rings. The van der Waals surface area contributed by atoms with E-state index in [2.05, 4.69) is 10.2 Å². The van der Waals surface area contributed by atoms with Crippen LogP contribution in [0.4, 0.5) is 0 Å². The van der Waals surface area contributed by atoms with E-state index in [4.69, 9.17) is 11.4 Å². The van der Waals surface area contributed by atoms with E-state index in [0.29, 0.717) is 0 Å². The lowest BCUT2D eigenvalue weighted by Crippen LogP contribution is -2.31. The fourth-order valence-corrected chi connectivity index (χ4v) is 0.766. The van der Waals surface area contributed by atoms with Gasteiger partial charge in [-0.15, -0.1) is 0 Å². The number of amidine groups is 1. The van der Waals surface area contributed by atoms with Crippen LogP contribution in [0.25, 0.3) is 5.53 Å². The van der Waals surface area contributed by atoms with Gasteiger partial charge in [0.05, 0.1) is 5.56 Å². The van der Waals surface area contributed by atoms with Gasteiger partial charge in [0.2, 0.25) is 0 Å². The van der Waals surface area contributed by atoms with Gasteiger partial charge in [-0.3, -0.25) is 0 Å². The maximum atomic E-state index is 8.42. The maximum Gasteiger partial charge on any atom is 0.377 e. The summed E-state index contributed by atoms with van der Waals surface area (Å²) in [5, 5.41) is 0. The summed E-state index contributed by atoms with van der Waals surface area (Å²) in [6.07, 6.45) is 0. The van der Waals surface area contributed by atoms with E-state index in [9.17, 15) is 0 Å². The Morgan fingerprint density at radius 3 is 2.45 bits per heavy atom. The molecule has 3 N–H and O–H groups in total. The van der Waals surface area contributed by atoms with Gasteiger partial charge >= 0.3 is 5.84 Å². The van der Waals surface area contributed by atoms with E-state index in [1.807, 2.05) is 18.2 Å². The first-order chi connectivity index (χ1) is 5.38. The quantitative estimate of drug-likeness (QED) is 0.148. The Morgan fingerprint density at radius 2 is 2.00 bits per heavy atom. The van der Waals surface area contributed by atoms with Crippen molar-refractivity contribution < 1.29 is 4.79 Å². The molecule has 0 heterocycles. The van der Waals surface area contributed by atoms with Crippen molar-refractivity contribution in [3.63, 3.8) is 0 Å². The molecule has 11 heavy (non-hydrogen) atoms. The van der Waals surface area contributed by atoms with Crippen LogP contribution in [0.15, 0.2) is 30.3 Å². The molecular weight excluding hydrogens is 140 g/mol. The van der Waals surface area contributed by atoms with Gasteiger partial charge in [-0.2, -0.15) is 11.3 Å². The van der Waals surface area contributed by atoms with E-state index in [-0.39, 0.29) is 5.84 Å². The molecule has 0 aliphatic heterocycles. The first-order valence-corrected chi connectivity index (χ1v) is 3.12. The van der Waals surface area contributed by atoms with Gasteiger partial charge in [-0.25, -0.2) is 0 Å². The molecule has 0 bridgehead atoms. The van der Waals surface area contributed by atoms with Gasteiger partial charge in [0.25, 0.3) is 0 Å². The third-order valence-corrected chi connectivity index (χ3v) is 1.28. The Hall–Kier alpha value is -1.64. The van der Waals surface area contributed by atoms with E-state index in [1.165, 1.54) is 0 Å². The third-order valence-electron chi connectivity index (χ3n) is 1.28. The average molecular weight is 148 g/mol. The lowest BCUT2D eigenvalue weighted by atomic mass is 10.2. The lowest BCUT2D eigenvalue weighted by molar-refractivity contribution is -0.00920. The molecule has 56 valence electrons. The van der Waals surface area contributed by atoms with Crippen molar-refractivity contribution in [2.45, 2.75) is 0 Å². The Labute approximate surface area is 64.2 Å². The van der Waals surface area contributed by atoms with Crippen LogP contribution in [0.1, 0.15) is 5.56 Å². The van der Waals surface area contributed by atoms with Gasteiger partial charge in [0, 0.05) is 0 Å². The van der Waals surface area contributed by atoms with Crippen LogP contribution in [0.2, 0.25) is 0 Å². The van der Waals surface area contributed by atoms with Crippen LogP contribution < -0.4 is 11.3 Å². The number of nitrogens with zero attached hydrogens (tertiary/aromatic N) is 2. The minimum Gasteiger partial charge on any atom is -0.497 e. The molecule has 0 spiro atoms. The molecule has 0 saturated carbocycles. The van der Waals surface area contributed by atoms with Gasteiger partial charge in [-0.05, 0) is 12.1 Å². The second-order valence-corrected chi connectivity index (χ2v) is 1.96. The van der Waals surface area contributed by atoms with E-state index < -0.39 is 0 Å². The number of hydrogen-bond acceptors (Lipinski definition) is 1. The summed E-state index contributed by atoms with van der Waals surface area (Å²) in [6.45, 7) is 0. The topological polar surface area (TPSA) is 74.5 Å². The molecule has 0 aliphatic carbocycles. The van der Waals surface area contributed by atoms with Crippen LogP contribution in [0.5, 0.6) is 0 Å². The molecule has 0 radical (unpaired) electrons. The van der Waals surface area contributed by atoms with Crippen LogP contribution in [0, 0.1) is 0 Å². The number of hydrazine groups is 1. The minimum atomic E-state index is 0.255. The van der Waals surface area contributed by atoms with Crippen molar-refractivity contribution >= 4 is 5.84 Å². The Bertz CT molecular complexity index is 274. The normalized spacial score (nSPS) is 8.45. The molecule has 0 atom stereocenters. The number of nitrogens with two attached hydrogens (primary N) is 1. The fourth-order valence-electron chi connectivity index (χ4n) is 0.766. The SMILES string of the molecule is [N-]=[N+]=C(NN)c1ccccc1. The molecule has 4 heteroatoms. The molecule has 1 rings (SSSR count). The number of nitrogens with one attached hydrogen (secondary N) is 1. The summed E-state index contributed by atoms with van der Waals surface area (Å²) in [5.41, 5.74) is 11.4. The van der Waals surface area contributed by atoms with Crippen LogP contribution >= 0.6 is 0 Å². The predicted molar refractivity (Wildman–Crippen MR) is 41.5 cm³/mol. The highest BCUT2D eigenvalue weighted by Crippen LogP contribution is 1.95. The predicted octanol–water partition coefficient (Wildman–Crippen LogP) is 0.126. The zero-order valence-electron chi connectivity index (χ0n) is 5.86. The lowest BCUT2D eigenvalue weighted by Gasteiger charge is -1.92. The Kier molecular flexibility index (Phi) is 2.38. The smallest absolute Gasteiger partial charge is 0.377 e. The molecule has 4 nitrogen and oxygen atoms in total. The van der Waals surface area contributed by atoms with Crippen LogP contribution in [-0.4, -0.2) is 10.6 Å². The zero-order valence-corrected chi connectivity index (χ0v) is 5.86. The van der Waals surface area contributed by atoms with Gasteiger partial charge in [0.1, 0.15) is 0 Å². The first kappa shape index (κ1) is 7.47. The highest BCUT2D eigenvalue weighted by atomic mass is 15.3. The van der Waals surface area contributed by atoms with Crippen molar-refractivity contribution in [3.8, 4) is 0 Å². The fraction of sp³-hybridized carbons (Fsp3) is 0. The molecule has 0 amide bonds. The standard InChI is InChI=1S/C7H8N4/c8-10-7(11-9)6-4-2-1-3-5-6/h1-5,10H,8H2. The highest BCUT2D eigenvalue weighted by Gasteiger charge is 2.05. The second kappa shape index (κ2) is 3.51. The molecule has 0 unspecified atom stereocenters. The highest BCUT2D eigenvalue weighted by molar-refractivity contribution is 5.93. The maximum absolute atomic E-state index is 8.42. The Balaban J connectivity index is 3.02. The number of rotatable bonds is 1. The third kappa shape index (κ3) is 1.64. The van der Waals surface area contributed by atoms with Gasteiger partial charge in [0.15, 0.2) is 0 Å².